The first-order valence-corrected chi connectivity index (χ1v) is 8.27. The van der Waals surface area contributed by atoms with Crippen molar-refractivity contribution in [1.29, 1.82) is 0 Å². The Bertz CT molecular complexity index is 867. The number of aryl methyl sites for hydroxylation is 1. The zero-order valence-electron chi connectivity index (χ0n) is 13.7. The van der Waals surface area contributed by atoms with Gasteiger partial charge in [-0.3, -0.25) is 9.48 Å². The van der Waals surface area contributed by atoms with Crippen molar-refractivity contribution in [3.63, 3.8) is 0 Å². The van der Waals surface area contributed by atoms with Crippen molar-refractivity contribution in [2.75, 3.05) is 13.1 Å². The molecule has 0 N–H and O–H groups in total. The maximum Gasteiger partial charge on any atom is 0.244 e. The third-order valence-electron chi connectivity index (χ3n) is 4.56. The summed E-state index contributed by atoms with van der Waals surface area (Å²) in [4.78, 5) is 14.6. The van der Waals surface area contributed by atoms with E-state index in [-0.39, 0.29) is 18.5 Å². The molecule has 124 valence electrons. The molecule has 1 aromatic carbocycles. The van der Waals surface area contributed by atoms with Gasteiger partial charge in [0.1, 0.15) is 12.1 Å². The number of piperidine rings is 1. The van der Waals surface area contributed by atoms with Crippen LogP contribution in [0.5, 0.6) is 0 Å². The molecule has 1 saturated heterocycles. The van der Waals surface area contributed by atoms with E-state index in [0.717, 1.165) is 36.0 Å². The van der Waals surface area contributed by atoms with Crippen LogP contribution in [0.1, 0.15) is 24.4 Å². The molecule has 0 bridgehead atoms. The topological polar surface area (TPSA) is 68.8 Å². The van der Waals surface area contributed by atoms with Gasteiger partial charge in [0.25, 0.3) is 0 Å². The number of aromatic nitrogens is 5. The first-order chi connectivity index (χ1) is 11.7. The number of para-hydroxylation sites is 1. The van der Waals surface area contributed by atoms with Crippen LogP contribution in [0, 0.1) is 6.92 Å². The van der Waals surface area contributed by atoms with Crippen molar-refractivity contribution < 1.29 is 4.79 Å². The highest BCUT2D eigenvalue weighted by molar-refractivity contribution is 5.79. The Morgan fingerprint density at radius 2 is 2.21 bits per heavy atom. The molecule has 1 aliphatic rings. The molecule has 3 aromatic rings. The summed E-state index contributed by atoms with van der Waals surface area (Å²) in [7, 11) is 0. The van der Waals surface area contributed by atoms with E-state index in [4.69, 9.17) is 0 Å². The molecule has 0 aliphatic carbocycles. The number of hydrogen-bond donors (Lipinski definition) is 0. The predicted molar refractivity (Wildman–Crippen MR) is 89.3 cm³/mol. The van der Waals surface area contributed by atoms with E-state index in [1.165, 1.54) is 0 Å². The largest absolute Gasteiger partial charge is 0.339 e. The molecule has 0 spiro atoms. The highest BCUT2D eigenvalue weighted by Gasteiger charge is 2.25. The number of rotatable bonds is 3. The van der Waals surface area contributed by atoms with Crippen LogP contribution in [-0.4, -0.2) is 48.7 Å². The molecule has 0 radical (unpaired) electrons. The van der Waals surface area contributed by atoms with Gasteiger partial charge >= 0.3 is 0 Å². The third kappa shape index (κ3) is 2.77. The van der Waals surface area contributed by atoms with E-state index in [9.17, 15) is 4.79 Å². The summed E-state index contributed by atoms with van der Waals surface area (Å²) in [6.45, 7) is 3.76. The Hall–Kier alpha value is -2.70. The van der Waals surface area contributed by atoms with Gasteiger partial charge in [-0.15, -0.1) is 5.10 Å². The molecule has 1 fully saturated rings. The number of likely N-dealkylation sites (tertiary alicyclic amines) is 1. The average Bonchev–Trinajstić information content (AvgIpc) is 3.22. The molecule has 24 heavy (non-hydrogen) atoms. The smallest absolute Gasteiger partial charge is 0.244 e. The molecule has 1 unspecified atom stereocenters. The molecule has 3 heterocycles. The van der Waals surface area contributed by atoms with E-state index in [1.54, 1.807) is 4.68 Å². The molecule has 4 rings (SSSR count). The summed E-state index contributed by atoms with van der Waals surface area (Å²) in [5, 5.41) is 12.6. The summed E-state index contributed by atoms with van der Waals surface area (Å²) in [5.41, 5.74) is 2.85. The van der Waals surface area contributed by atoms with Crippen molar-refractivity contribution >= 4 is 16.9 Å². The first kappa shape index (κ1) is 14.9. The van der Waals surface area contributed by atoms with E-state index < -0.39 is 0 Å². The van der Waals surface area contributed by atoms with Gasteiger partial charge in [-0.05, 0) is 37.5 Å². The lowest BCUT2D eigenvalue weighted by atomic mass is 10.1. The van der Waals surface area contributed by atoms with E-state index >= 15 is 0 Å². The minimum absolute atomic E-state index is 0.0826. The van der Waals surface area contributed by atoms with Crippen LogP contribution >= 0.6 is 0 Å². The summed E-state index contributed by atoms with van der Waals surface area (Å²) in [6.07, 6.45) is 5.95. The summed E-state index contributed by atoms with van der Waals surface area (Å²) < 4.78 is 3.67. The van der Waals surface area contributed by atoms with Gasteiger partial charge in [0, 0.05) is 19.3 Å². The van der Waals surface area contributed by atoms with E-state index in [2.05, 4.69) is 15.4 Å². The predicted octanol–water partition coefficient (Wildman–Crippen LogP) is 1.80. The van der Waals surface area contributed by atoms with Gasteiger partial charge in [0.15, 0.2) is 0 Å². The standard InChI is InChI=1S/C17H20N6O/c1-13-9-18-22(10-13)14-5-4-8-21(11-14)17(24)12-23-16-7-3-2-6-15(16)19-20-23/h2-3,6-7,9-10,14H,4-5,8,11-12H2,1H3. The normalized spacial score (nSPS) is 18.2. The number of fused-ring (bicyclic) bond motifs is 1. The maximum absolute atomic E-state index is 12.7. The Kier molecular flexibility index (Phi) is 3.76. The molecule has 7 heteroatoms. The minimum Gasteiger partial charge on any atom is -0.339 e. The Morgan fingerprint density at radius 3 is 3.04 bits per heavy atom. The monoisotopic (exact) mass is 324 g/mol. The highest BCUT2D eigenvalue weighted by Crippen LogP contribution is 2.21. The van der Waals surface area contributed by atoms with Gasteiger partial charge in [0.2, 0.25) is 5.91 Å². The van der Waals surface area contributed by atoms with E-state index in [1.807, 2.05) is 53.2 Å². The van der Waals surface area contributed by atoms with Crippen LogP contribution in [0.15, 0.2) is 36.7 Å². The van der Waals surface area contributed by atoms with Crippen LogP contribution in [0.25, 0.3) is 11.0 Å². The average molecular weight is 324 g/mol. The Morgan fingerprint density at radius 1 is 1.33 bits per heavy atom. The zero-order chi connectivity index (χ0) is 16.5. The second-order valence-electron chi connectivity index (χ2n) is 6.37. The number of benzene rings is 1. The molecule has 0 saturated carbocycles. The van der Waals surface area contributed by atoms with Crippen LogP contribution < -0.4 is 0 Å². The fraction of sp³-hybridized carbons (Fsp3) is 0.412. The quantitative estimate of drug-likeness (QED) is 0.737. The second kappa shape index (κ2) is 6.07. The lowest BCUT2D eigenvalue weighted by Gasteiger charge is -2.32. The molecule has 1 atom stereocenters. The highest BCUT2D eigenvalue weighted by atomic mass is 16.2. The third-order valence-corrected chi connectivity index (χ3v) is 4.56. The lowest BCUT2D eigenvalue weighted by Crippen LogP contribution is -2.42. The maximum atomic E-state index is 12.7. The van der Waals surface area contributed by atoms with Crippen LogP contribution in [0.3, 0.4) is 0 Å². The molecule has 1 aliphatic heterocycles. The van der Waals surface area contributed by atoms with Gasteiger partial charge in [-0.1, -0.05) is 17.3 Å². The number of hydrogen-bond acceptors (Lipinski definition) is 4. The van der Waals surface area contributed by atoms with Crippen LogP contribution in [0.4, 0.5) is 0 Å². The summed E-state index contributed by atoms with van der Waals surface area (Å²) >= 11 is 0. The number of carbonyl (C=O) groups is 1. The second-order valence-corrected chi connectivity index (χ2v) is 6.37. The van der Waals surface area contributed by atoms with Gasteiger partial charge < -0.3 is 4.90 Å². The van der Waals surface area contributed by atoms with Gasteiger partial charge in [-0.25, -0.2) is 4.68 Å². The van der Waals surface area contributed by atoms with Crippen molar-refractivity contribution in [2.45, 2.75) is 32.4 Å². The number of carbonyl (C=O) groups excluding carboxylic acids is 1. The summed E-state index contributed by atoms with van der Waals surface area (Å²) in [6, 6.07) is 7.95. The van der Waals surface area contributed by atoms with Crippen molar-refractivity contribution in [3.05, 3.63) is 42.2 Å². The lowest BCUT2D eigenvalue weighted by molar-refractivity contribution is -0.133. The fourth-order valence-corrected chi connectivity index (χ4v) is 3.29. The molecule has 1 amide bonds. The summed E-state index contributed by atoms with van der Waals surface area (Å²) in [5.74, 6) is 0.0826. The van der Waals surface area contributed by atoms with E-state index in [0.29, 0.717) is 6.54 Å². The van der Waals surface area contributed by atoms with Crippen molar-refractivity contribution in [2.24, 2.45) is 0 Å². The number of nitrogens with zero attached hydrogens (tertiary/aromatic N) is 6. The van der Waals surface area contributed by atoms with Crippen LogP contribution in [0.2, 0.25) is 0 Å². The molecule has 7 nitrogen and oxygen atoms in total. The zero-order valence-corrected chi connectivity index (χ0v) is 13.7. The molecular weight excluding hydrogens is 304 g/mol. The SMILES string of the molecule is Cc1cnn(C2CCCN(C(=O)Cn3nnc4ccccc43)C2)c1. The molecular formula is C17H20N6O. The van der Waals surface area contributed by atoms with Crippen molar-refractivity contribution in [3.8, 4) is 0 Å². The Balaban J connectivity index is 1.48. The first-order valence-electron chi connectivity index (χ1n) is 8.27. The fourth-order valence-electron chi connectivity index (χ4n) is 3.29. The van der Waals surface area contributed by atoms with Crippen molar-refractivity contribution in [1.82, 2.24) is 29.7 Å². The van der Waals surface area contributed by atoms with Gasteiger partial charge in [0.05, 0.1) is 17.8 Å². The minimum atomic E-state index is 0.0826. The van der Waals surface area contributed by atoms with Gasteiger partial charge in [-0.2, -0.15) is 5.10 Å². The van der Waals surface area contributed by atoms with Crippen LogP contribution in [-0.2, 0) is 11.3 Å². The number of amides is 1. The molecule has 2 aromatic heterocycles. The Labute approximate surface area is 139 Å².